The summed E-state index contributed by atoms with van der Waals surface area (Å²) in [4.78, 5) is 36.1. The van der Waals surface area contributed by atoms with Crippen molar-refractivity contribution in [3.63, 3.8) is 0 Å². The van der Waals surface area contributed by atoms with Crippen molar-refractivity contribution in [1.82, 2.24) is 0 Å². The van der Waals surface area contributed by atoms with Gasteiger partial charge in [0.15, 0.2) is 17.2 Å². The summed E-state index contributed by atoms with van der Waals surface area (Å²) in [5, 5.41) is 0. The molecule has 0 saturated heterocycles. The highest BCUT2D eigenvalue weighted by atomic mass is 19.1. The van der Waals surface area contributed by atoms with Gasteiger partial charge in [0.05, 0.1) is 0 Å². The van der Waals surface area contributed by atoms with Crippen molar-refractivity contribution in [2.75, 3.05) is 0 Å². The van der Waals surface area contributed by atoms with Crippen LogP contribution < -0.4 is 0 Å². The van der Waals surface area contributed by atoms with Gasteiger partial charge < -0.3 is 4.74 Å². The number of carbonyl (C=O) groups is 3. The number of ketones is 2. The van der Waals surface area contributed by atoms with Gasteiger partial charge in [-0.05, 0) is 63.2 Å². The molecule has 0 radical (unpaired) electrons. The SMILES string of the molecule is CC(=O)O[C@H]1C[C@]2(C)C(C(C)=O)=CC[C@H]2[C@@H]2CCC3=CC(=O)C=C[C@]3(C)C12F. The van der Waals surface area contributed by atoms with Crippen LogP contribution in [0.3, 0.4) is 0 Å². The highest BCUT2D eigenvalue weighted by Gasteiger charge is 2.70. The van der Waals surface area contributed by atoms with Crippen LogP contribution in [0, 0.1) is 22.7 Å². The topological polar surface area (TPSA) is 60.4 Å². The number of hydrogen-bond donors (Lipinski definition) is 0. The maximum atomic E-state index is 17.2. The van der Waals surface area contributed by atoms with E-state index in [1.54, 1.807) is 19.1 Å². The molecular weight excluding hydrogens is 359 g/mol. The standard InChI is InChI=1S/C23H27FO4/c1-13(25)17-7-8-18-19-6-5-15-11-16(27)9-10-22(15,4)23(19,24)20(28-14(2)26)12-21(17,18)3/h7,9-11,18-20H,5-6,8,12H2,1-4H3/t18-,19-,20-,21+,22-,23?/m0/s1. The monoisotopic (exact) mass is 386 g/mol. The lowest BCUT2D eigenvalue weighted by atomic mass is 9.45. The average Bonchev–Trinajstić information content (AvgIpc) is 2.93. The van der Waals surface area contributed by atoms with Crippen LogP contribution in [-0.2, 0) is 19.1 Å². The van der Waals surface area contributed by atoms with E-state index in [9.17, 15) is 14.4 Å². The molecule has 2 saturated carbocycles. The van der Waals surface area contributed by atoms with Gasteiger partial charge in [-0.15, -0.1) is 0 Å². The van der Waals surface area contributed by atoms with Crippen molar-refractivity contribution >= 4 is 17.5 Å². The molecule has 6 atom stereocenters. The molecule has 0 aliphatic heterocycles. The molecule has 150 valence electrons. The molecule has 5 heteroatoms. The Morgan fingerprint density at radius 3 is 2.57 bits per heavy atom. The number of ether oxygens (including phenoxy) is 1. The predicted octanol–water partition coefficient (Wildman–Crippen LogP) is 4.05. The zero-order valence-electron chi connectivity index (χ0n) is 16.9. The van der Waals surface area contributed by atoms with Gasteiger partial charge in [-0.3, -0.25) is 14.4 Å². The number of rotatable bonds is 2. The summed E-state index contributed by atoms with van der Waals surface area (Å²) in [6.45, 7) is 6.69. The van der Waals surface area contributed by atoms with Crippen molar-refractivity contribution in [3.8, 4) is 0 Å². The molecule has 0 heterocycles. The number of fused-ring (bicyclic) bond motifs is 5. The predicted molar refractivity (Wildman–Crippen MR) is 102 cm³/mol. The van der Waals surface area contributed by atoms with E-state index in [-0.39, 0.29) is 29.8 Å². The van der Waals surface area contributed by atoms with E-state index in [1.165, 1.54) is 13.0 Å². The average molecular weight is 386 g/mol. The largest absolute Gasteiger partial charge is 0.459 e. The number of Topliss-reactive ketones (excluding diaryl/α,β-unsaturated/α-hetero) is 1. The molecule has 0 N–H and O–H groups in total. The van der Waals surface area contributed by atoms with Crippen LogP contribution in [0.1, 0.15) is 53.4 Å². The lowest BCUT2D eigenvalue weighted by Crippen LogP contribution is -2.67. The summed E-state index contributed by atoms with van der Waals surface area (Å²) >= 11 is 0. The highest BCUT2D eigenvalue weighted by Crippen LogP contribution is 2.68. The Hall–Kier alpha value is -2.04. The zero-order chi connectivity index (χ0) is 20.5. The van der Waals surface area contributed by atoms with E-state index in [2.05, 4.69) is 0 Å². The van der Waals surface area contributed by atoms with Gasteiger partial charge in [-0.1, -0.05) is 24.6 Å². The quantitative estimate of drug-likeness (QED) is 0.672. The van der Waals surface area contributed by atoms with Gasteiger partial charge in [0.2, 0.25) is 0 Å². The molecule has 0 spiro atoms. The molecule has 0 aromatic rings. The van der Waals surface area contributed by atoms with Gasteiger partial charge in [0.25, 0.3) is 0 Å². The smallest absolute Gasteiger partial charge is 0.303 e. The first-order valence-corrected chi connectivity index (χ1v) is 10.1. The second-order valence-electron chi connectivity index (χ2n) is 9.26. The number of alkyl halides is 1. The van der Waals surface area contributed by atoms with Crippen LogP contribution in [0.4, 0.5) is 4.39 Å². The zero-order valence-corrected chi connectivity index (χ0v) is 16.9. The van der Waals surface area contributed by atoms with E-state index in [4.69, 9.17) is 4.74 Å². The first-order valence-electron chi connectivity index (χ1n) is 10.1. The van der Waals surface area contributed by atoms with E-state index in [1.807, 2.05) is 19.9 Å². The molecule has 0 bridgehead atoms. The minimum absolute atomic E-state index is 0.00342. The first-order chi connectivity index (χ1) is 13.0. The number of esters is 1. The van der Waals surface area contributed by atoms with Crippen LogP contribution in [0.2, 0.25) is 0 Å². The molecule has 1 unspecified atom stereocenters. The van der Waals surface area contributed by atoms with Crippen LogP contribution in [0.15, 0.2) is 35.5 Å². The Labute approximate surface area is 164 Å². The van der Waals surface area contributed by atoms with Crippen molar-refractivity contribution in [3.05, 3.63) is 35.5 Å². The van der Waals surface area contributed by atoms with Gasteiger partial charge in [0, 0.05) is 23.7 Å². The molecule has 4 aliphatic rings. The van der Waals surface area contributed by atoms with Crippen LogP contribution in [-0.4, -0.2) is 29.3 Å². The van der Waals surface area contributed by atoms with Crippen LogP contribution in [0.5, 0.6) is 0 Å². The van der Waals surface area contributed by atoms with Crippen molar-refractivity contribution < 1.29 is 23.5 Å². The second kappa shape index (κ2) is 5.98. The highest BCUT2D eigenvalue weighted by molar-refractivity contribution is 6.01. The van der Waals surface area contributed by atoms with Crippen LogP contribution in [0.25, 0.3) is 0 Å². The summed E-state index contributed by atoms with van der Waals surface area (Å²) in [6, 6.07) is 0. The molecule has 0 aromatic heterocycles. The summed E-state index contributed by atoms with van der Waals surface area (Å²) < 4.78 is 22.8. The molecule has 28 heavy (non-hydrogen) atoms. The molecule has 4 rings (SSSR count). The van der Waals surface area contributed by atoms with Gasteiger partial charge in [-0.25, -0.2) is 4.39 Å². The lowest BCUT2D eigenvalue weighted by Gasteiger charge is -2.62. The van der Waals surface area contributed by atoms with E-state index < -0.39 is 28.6 Å². The van der Waals surface area contributed by atoms with E-state index in [0.717, 1.165) is 11.1 Å². The van der Waals surface area contributed by atoms with Crippen LogP contribution >= 0.6 is 0 Å². The minimum Gasteiger partial charge on any atom is -0.459 e. The summed E-state index contributed by atoms with van der Waals surface area (Å²) in [7, 11) is 0. The normalized spacial score (nSPS) is 44.0. The third-order valence-electron chi connectivity index (χ3n) is 7.89. The summed E-state index contributed by atoms with van der Waals surface area (Å²) in [5.74, 6) is -1.02. The molecule has 0 aromatic carbocycles. The third-order valence-corrected chi connectivity index (χ3v) is 7.89. The molecule has 2 fully saturated rings. The summed E-state index contributed by atoms with van der Waals surface area (Å²) in [5.41, 5.74) is -1.80. The Balaban J connectivity index is 1.86. The number of allylic oxidation sites excluding steroid dienone is 6. The summed E-state index contributed by atoms with van der Waals surface area (Å²) in [6.07, 6.45) is 7.79. The maximum absolute atomic E-state index is 17.2. The fourth-order valence-electron chi connectivity index (χ4n) is 6.62. The Morgan fingerprint density at radius 1 is 1.21 bits per heavy atom. The van der Waals surface area contributed by atoms with E-state index >= 15 is 4.39 Å². The van der Waals surface area contributed by atoms with Gasteiger partial charge >= 0.3 is 5.97 Å². The maximum Gasteiger partial charge on any atom is 0.303 e. The Morgan fingerprint density at radius 2 is 1.93 bits per heavy atom. The molecule has 4 aliphatic carbocycles. The lowest BCUT2D eigenvalue weighted by molar-refractivity contribution is -0.206. The van der Waals surface area contributed by atoms with Crippen molar-refractivity contribution in [2.24, 2.45) is 22.7 Å². The van der Waals surface area contributed by atoms with E-state index in [0.29, 0.717) is 19.3 Å². The fourth-order valence-corrected chi connectivity index (χ4v) is 6.62. The fraction of sp³-hybridized carbons (Fsp3) is 0.609. The molecule has 0 amide bonds. The second-order valence-corrected chi connectivity index (χ2v) is 9.26. The molecular formula is C23H27FO4. The Bertz CT molecular complexity index is 868. The van der Waals surface area contributed by atoms with Crippen molar-refractivity contribution in [2.45, 2.75) is 65.2 Å². The Kier molecular flexibility index (Phi) is 4.12. The number of hydrogen-bond acceptors (Lipinski definition) is 4. The first kappa shape index (κ1) is 19.3. The minimum atomic E-state index is -1.82. The molecule has 4 nitrogen and oxygen atoms in total. The van der Waals surface area contributed by atoms with Crippen molar-refractivity contribution in [1.29, 1.82) is 0 Å². The number of carbonyl (C=O) groups excluding carboxylic acids is 3. The third kappa shape index (κ3) is 2.31. The number of halogens is 1. The van der Waals surface area contributed by atoms with Gasteiger partial charge in [0.1, 0.15) is 6.10 Å². The van der Waals surface area contributed by atoms with Gasteiger partial charge in [-0.2, -0.15) is 0 Å².